The summed E-state index contributed by atoms with van der Waals surface area (Å²) in [4.78, 5) is 42.7. The molecule has 0 saturated heterocycles. The van der Waals surface area contributed by atoms with E-state index < -0.39 is 37.5 Å². The fourth-order valence-electron chi connectivity index (χ4n) is 2.81. The Morgan fingerprint density at radius 1 is 0.963 bits per heavy atom. The lowest BCUT2D eigenvalue weighted by Gasteiger charge is -2.20. The van der Waals surface area contributed by atoms with Crippen LogP contribution in [0.5, 0.6) is 0 Å². The van der Waals surface area contributed by atoms with E-state index in [1.165, 1.54) is 0 Å². The number of aliphatic carboxylic acids is 1. The molecule has 0 aliphatic heterocycles. The average molecular weight is 391 g/mol. The van der Waals surface area contributed by atoms with E-state index >= 15 is 0 Å². The SMILES string of the molecule is O=C(NCC(C(=O)O)c1ccccc1)C(Cc1ccccc1)CP(=O)(O)O. The van der Waals surface area contributed by atoms with E-state index in [1.807, 2.05) is 0 Å². The molecule has 0 aliphatic rings. The van der Waals surface area contributed by atoms with Crippen molar-refractivity contribution in [3.05, 3.63) is 71.8 Å². The molecule has 2 unspecified atom stereocenters. The van der Waals surface area contributed by atoms with Gasteiger partial charge in [0, 0.05) is 6.54 Å². The Hall–Kier alpha value is -2.47. The molecule has 0 aliphatic carbocycles. The van der Waals surface area contributed by atoms with E-state index in [0.717, 1.165) is 5.56 Å². The van der Waals surface area contributed by atoms with Gasteiger partial charge < -0.3 is 20.2 Å². The van der Waals surface area contributed by atoms with Gasteiger partial charge in [0.25, 0.3) is 0 Å². The standard InChI is InChI=1S/C19H22NO6P/c21-18(20-12-17(19(22)23)15-9-5-2-6-10-15)16(13-27(24,25)26)11-14-7-3-1-4-8-14/h1-10,16-17H,11-13H2,(H,20,21)(H,22,23)(H2,24,25,26). The highest BCUT2D eigenvalue weighted by atomic mass is 31.2. The summed E-state index contributed by atoms with van der Waals surface area (Å²) in [6, 6.07) is 17.4. The molecule has 4 N–H and O–H groups in total. The van der Waals surface area contributed by atoms with E-state index in [1.54, 1.807) is 60.7 Å². The zero-order chi connectivity index (χ0) is 19.9. The molecule has 0 aromatic heterocycles. The van der Waals surface area contributed by atoms with Crippen LogP contribution < -0.4 is 5.32 Å². The van der Waals surface area contributed by atoms with Crippen molar-refractivity contribution in [1.82, 2.24) is 5.32 Å². The number of carboxylic acids is 1. The van der Waals surface area contributed by atoms with Gasteiger partial charge in [-0.3, -0.25) is 14.2 Å². The molecule has 8 heteroatoms. The third-order valence-corrected chi connectivity index (χ3v) is 5.05. The van der Waals surface area contributed by atoms with Crippen molar-refractivity contribution in [2.45, 2.75) is 12.3 Å². The van der Waals surface area contributed by atoms with Gasteiger partial charge in [0.15, 0.2) is 0 Å². The number of nitrogens with one attached hydrogen (secondary N) is 1. The average Bonchev–Trinajstić information content (AvgIpc) is 2.61. The minimum atomic E-state index is -4.41. The number of benzene rings is 2. The zero-order valence-corrected chi connectivity index (χ0v) is 15.5. The molecule has 7 nitrogen and oxygen atoms in total. The Morgan fingerprint density at radius 2 is 1.52 bits per heavy atom. The Balaban J connectivity index is 2.09. The highest BCUT2D eigenvalue weighted by molar-refractivity contribution is 7.51. The molecular weight excluding hydrogens is 369 g/mol. The Morgan fingerprint density at radius 3 is 2.04 bits per heavy atom. The number of hydrogen-bond donors (Lipinski definition) is 4. The van der Waals surface area contributed by atoms with Crippen LogP contribution in [-0.4, -0.2) is 39.5 Å². The third kappa shape index (κ3) is 6.98. The zero-order valence-electron chi connectivity index (χ0n) is 14.6. The van der Waals surface area contributed by atoms with Gasteiger partial charge in [0.1, 0.15) is 0 Å². The molecule has 0 bridgehead atoms. The summed E-state index contributed by atoms with van der Waals surface area (Å²) < 4.78 is 11.4. The van der Waals surface area contributed by atoms with Gasteiger partial charge in [-0.05, 0) is 17.5 Å². The van der Waals surface area contributed by atoms with Crippen molar-refractivity contribution >= 4 is 19.5 Å². The molecule has 0 spiro atoms. The van der Waals surface area contributed by atoms with Gasteiger partial charge in [-0.15, -0.1) is 0 Å². The largest absolute Gasteiger partial charge is 0.481 e. The summed E-state index contributed by atoms with van der Waals surface area (Å²) >= 11 is 0. The molecule has 1 amide bonds. The summed E-state index contributed by atoms with van der Waals surface area (Å²) in [6.45, 7) is -0.162. The topological polar surface area (TPSA) is 124 Å². The van der Waals surface area contributed by atoms with Gasteiger partial charge in [-0.25, -0.2) is 0 Å². The van der Waals surface area contributed by atoms with Crippen LogP contribution in [-0.2, 0) is 20.6 Å². The number of carbonyl (C=O) groups is 2. The maximum Gasteiger partial charge on any atom is 0.326 e. The lowest BCUT2D eigenvalue weighted by Crippen LogP contribution is -2.38. The van der Waals surface area contributed by atoms with Crippen LogP contribution in [0.3, 0.4) is 0 Å². The van der Waals surface area contributed by atoms with E-state index in [0.29, 0.717) is 5.56 Å². The highest BCUT2D eigenvalue weighted by Gasteiger charge is 2.29. The maximum atomic E-state index is 12.5. The van der Waals surface area contributed by atoms with E-state index in [9.17, 15) is 29.0 Å². The summed E-state index contributed by atoms with van der Waals surface area (Å²) in [6.07, 6.45) is -0.447. The van der Waals surface area contributed by atoms with Crippen LogP contribution in [0, 0.1) is 5.92 Å². The molecule has 0 heterocycles. The van der Waals surface area contributed by atoms with Crippen molar-refractivity contribution in [3.63, 3.8) is 0 Å². The molecule has 2 rings (SSSR count). The molecule has 144 valence electrons. The highest BCUT2D eigenvalue weighted by Crippen LogP contribution is 2.37. The Kier molecular flexibility index (Phi) is 7.30. The van der Waals surface area contributed by atoms with Gasteiger partial charge in [-0.1, -0.05) is 60.7 Å². The second-order valence-corrected chi connectivity index (χ2v) is 7.98. The van der Waals surface area contributed by atoms with Crippen molar-refractivity contribution in [2.75, 3.05) is 12.7 Å². The molecule has 0 radical (unpaired) electrons. The molecular formula is C19H22NO6P. The van der Waals surface area contributed by atoms with Crippen LogP contribution >= 0.6 is 7.60 Å². The first-order chi connectivity index (χ1) is 12.8. The summed E-state index contributed by atoms with van der Waals surface area (Å²) in [5.41, 5.74) is 1.31. The van der Waals surface area contributed by atoms with Crippen molar-refractivity contribution < 1.29 is 29.0 Å². The lowest BCUT2D eigenvalue weighted by atomic mass is 9.97. The minimum Gasteiger partial charge on any atom is -0.481 e. The third-order valence-electron chi connectivity index (χ3n) is 4.13. The number of carbonyl (C=O) groups excluding carboxylic acids is 1. The Labute approximate surface area is 157 Å². The summed E-state index contributed by atoms with van der Waals surface area (Å²) in [7, 11) is -4.41. The fraction of sp³-hybridized carbons (Fsp3) is 0.263. The number of carboxylic acid groups (broad SMARTS) is 1. The van der Waals surface area contributed by atoms with Crippen molar-refractivity contribution in [2.24, 2.45) is 5.92 Å². The van der Waals surface area contributed by atoms with E-state index in [2.05, 4.69) is 5.32 Å². The lowest BCUT2D eigenvalue weighted by molar-refractivity contribution is -0.138. The second kappa shape index (κ2) is 9.46. The molecule has 0 fully saturated rings. The minimum absolute atomic E-state index is 0.154. The fourth-order valence-corrected chi connectivity index (χ4v) is 3.68. The van der Waals surface area contributed by atoms with Crippen molar-refractivity contribution in [3.8, 4) is 0 Å². The predicted molar refractivity (Wildman–Crippen MR) is 100 cm³/mol. The molecule has 0 saturated carbocycles. The van der Waals surface area contributed by atoms with Gasteiger partial charge in [-0.2, -0.15) is 0 Å². The molecule has 2 aromatic carbocycles. The molecule has 2 atom stereocenters. The smallest absolute Gasteiger partial charge is 0.326 e. The van der Waals surface area contributed by atoms with Crippen molar-refractivity contribution in [1.29, 1.82) is 0 Å². The van der Waals surface area contributed by atoms with Gasteiger partial charge in [0.2, 0.25) is 5.91 Å². The van der Waals surface area contributed by atoms with Crippen LogP contribution in [0.2, 0.25) is 0 Å². The first kappa shape index (κ1) is 20.8. The first-order valence-corrected chi connectivity index (χ1v) is 10.2. The normalized spacial score (nSPS) is 13.6. The summed E-state index contributed by atoms with van der Waals surface area (Å²) in [5, 5.41) is 12.0. The van der Waals surface area contributed by atoms with Crippen LogP contribution in [0.15, 0.2) is 60.7 Å². The summed E-state index contributed by atoms with van der Waals surface area (Å²) in [5.74, 6) is -3.57. The number of amides is 1. The predicted octanol–water partition coefficient (Wildman–Crippen LogP) is 2.01. The van der Waals surface area contributed by atoms with E-state index in [4.69, 9.17) is 0 Å². The Bertz CT molecular complexity index is 805. The molecule has 27 heavy (non-hydrogen) atoms. The van der Waals surface area contributed by atoms with E-state index in [-0.39, 0.29) is 13.0 Å². The van der Waals surface area contributed by atoms with Gasteiger partial charge >= 0.3 is 13.6 Å². The van der Waals surface area contributed by atoms with Gasteiger partial charge in [0.05, 0.1) is 18.0 Å². The quantitative estimate of drug-likeness (QED) is 0.485. The second-order valence-electron chi connectivity index (χ2n) is 6.28. The maximum absolute atomic E-state index is 12.5. The van der Waals surface area contributed by atoms with Crippen LogP contribution in [0.1, 0.15) is 17.0 Å². The number of rotatable bonds is 9. The first-order valence-electron chi connectivity index (χ1n) is 8.40. The van der Waals surface area contributed by atoms with Crippen LogP contribution in [0.4, 0.5) is 0 Å². The molecule has 2 aromatic rings. The van der Waals surface area contributed by atoms with Crippen LogP contribution in [0.25, 0.3) is 0 Å². The monoisotopic (exact) mass is 391 g/mol. The number of hydrogen-bond acceptors (Lipinski definition) is 3.